The first-order valence-electron chi connectivity index (χ1n) is 8.82. The van der Waals surface area contributed by atoms with Crippen LogP contribution in [0.4, 0.5) is 4.39 Å². The normalized spacial score (nSPS) is 19.1. The van der Waals surface area contributed by atoms with Gasteiger partial charge >= 0.3 is 5.97 Å². The first-order valence-corrected chi connectivity index (χ1v) is 8.82. The maximum absolute atomic E-state index is 14.0. The van der Waals surface area contributed by atoms with E-state index in [2.05, 4.69) is 4.98 Å². The number of hydrogen-bond acceptors (Lipinski definition) is 4. The van der Waals surface area contributed by atoms with Gasteiger partial charge in [0.2, 0.25) is 0 Å². The topological polar surface area (TPSA) is 62.7 Å². The Kier molecular flexibility index (Phi) is 5.83. The van der Waals surface area contributed by atoms with Crippen molar-refractivity contribution in [1.82, 2.24) is 9.88 Å². The van der Waals surface area contributed by atoms with Crippen molar-refractivity contribution in [2.24, 2.45) is 0 Å². The van der Waals surface area contributed by atoms with Crippen molar-refractivity contribution in [3.63, 3.8) is 0 Å². The summed E-state index contributed by atoms with van der Waals surface area (Å²) in [7, 11) is 1.54. The summed E-state index contributed by atoms with van der Waals surface area (Å²) in [6.45, 7) is 0.647. The second-order valence-corrected chi connectivity index (χ2v) is 6.51. The Balaban J connectivity index is 2.04. The second kappa shape index (κ2) is 8.27. The van der Waals surface area contributed by atoms with Gasteiger partial charge < -0.3 is 9.84 Å². The van der Waals surface area contributed by atoms with Crippen LogP contribution >= 0.6 is 0 Å². The zero-order valence-corrected chi connectivity index (χ0v) is 14.8. The summed E-state index contributed by atoms with van der Waals surface area (Å²) in [5.41, 5.74) is 1.49. The van der Waals surface area contributed by atoms with Gasteiger partial charge in [-0.1, -0.05) is 12.5 Å². The van der Waals surface area contributed by atoms with Crippen molar-refractivity contribution in [2.45, 2.75) is 37.8 Å². The molecule has 2 aromatic rings. The Bertz CT molecular complexity index is 754. The lowest BCUT2D eigenvalue weighted by atomic mass is 9.92. The average Bonchev–Trinajstić information content (AvgIpc) is 2.67. The molecule has 0 saturated carbocycles. The fourth-order valence-electron chi connectivity index (χ4n) is 3.68. The van der Waals surface area contributed by atoms with Gasteiger partial charge in [-0.05, 0) is 49.7 Å². The van der Waals surface area contributed by atoms with E-state index in [1.165, 1.54) is 12.1 Å². The molecule has 0 bridgehead atoms. The molecule has 6 heteroatoms. The van der Waals surface area contributed by atoms with Gasteiger partial charge in [-0.25, -0.2) is 4.39 Å². The van der Waals surface area contributed by atoms with Crippen molar-refractivity contribution >= 4 is 5.97 Å². The monoisotopic (exact) mass is 358 g/mol. The van der Waals surface area contributed by atoms with E-state index in [4.69, 9.17) is 4.74 Å². The van der Waals surface area contributed by atoms with Crippen LogP contribution in [-0.4, -0.2) is 40.7 Å². The van der Waals surface area contributed by atoms with E-state index in [1.807, 2.05) is 23.1 Å². The van der Waals surface area contributed by atoms with Gasteiger partial charge in [-0.3, -0.25) is 14.7 Å². The summed E-state index contributed by atoms with van der Waals surface area (Å²) in [6, 6.07) is 9.11. The number of carboxylic acid groups (broad SMARTS) is 1. The highest BCUT2D eigenvalue weighted by Crippen LogP contribution is 2.36. The van der Waals surface area contributed by atoms with Crippen LogP contribution in [0.15, 0.2) is 42.6 Å². The van der Waals surface area contributed by atoms with Gasteiger partial charge in [-0.15, -0.1) is 0 Å². The molecule has 1 N–H and O–H groups in total. The number of benzene rings is 1. The number of likely N-dealkylation sites (tertiary alicyclic amines) is 1. The van der Waals surface area contributed by atoms with Crippen LogP contribution in [0.3, 0.4) is 0 Å². The fraction of sp³-hybridized carbons (Fsp3) is 0.400. The van der Waals surface area contributed by atoms with E-state index in [0.29, 0.717) is 30.7 Å². The number of halogens is 1. The first kappa shape index (κ1) is 18.3. The highest BCUT2D eigenvalue weighted by atomic mass is 19.1. The fourth-order valence-corrected chi connectivity index (χ4v) is 3.68. The molecule has 1 aliphatic heterocycles. The number of hydrogen-bond donors (Lipinski definition) is 1. The van der Waals surface area contributed by atoms with Crippen molar-refractivity contribution in [3.05, 3.63) is 59.7 Å². The molecule has 1 fully saturated rings. The van der Waals surface area contributed by atoms with Crippen LogP contribution in [0.2, 0.25) is 0 Å². The summed E-state index contributed by atoms with van der Waals surface area (Å²) in [4.78, 5) is 18.1. The summed E-state index contributed by atoms with van der Waals surface area (Å²) >= 11 is 0. The Hall–Kier alpha value is -2.47. The zero-order valence-electron chi connectivity index (χ0n) is 14.8. The Morgan fingerprint density at radius 1 is 1.38 bits per heavy atom. The van der Waals surface area contributed by atoms with Crippen LogP contribution in [-0.2, 0) is 11.2 Å². The molecule has 0 spiro atoms. The number of carboxylic acids is 1. The first-order chi connectivity index (χ1) is 12.6. The molecule has 2 unspecified atom stereocenters. The number of nitrogens with zero attached hydrogens (tertiary/aromatic N) is 2. The van der Waals surface area contributed by atoms with Gasteiger partial charge in [0.1, 0.15) is 17.6 Å². The second-order valence-electron chi connectivity index (χ2n) is 6.51. The van der Waals surface area contributed by atoms with Crippen molar-refractivity contribution < 1.29 is 19.0 Å². The molecule has 1 aromatic carbocycles. The molecule has 26 heavy (non-hydrogen) atoms. The molecular formula is C20H23FN2O3. The van der Waals surface area contributed by atoms with Gasteiger partial charge in [0.25, 0.3) is 0 Å². The molecule has 1 saturated heterocycles. The van der Waals surface area contributed by atoms with Crippen molar-refractivity contribution in [1.29, 1.82) is 0 Å². The minimum absolute atomic E-state index is 0.322. The van der Waals surface area contributed by atoms with Gasteiger partial charge in [0.15, 0.2) is 0 Å². The molecule has 2 heterocycles. The molecular weight excluding hydrogens is 335 g/mol. The van der Waals surface area contributed by atoms with E-state index >= 15 is 0 Å². The molecule has 0 radical (unpaired) electrons. The maximum atomic E-state index is 14.0. The number of piperidine rings is 1. The van der Waals surface area contributed by atoms with Crippen molar-refractivity contribution in [2.75, 3.05) is 13.7 Å². The average molecular weight is 358 g/mol. The number of aromatic nitrogens is 1. The molecule has 138 valence electrons. The Morgan fingerprint density at radius 2 is 2.23 bits per heavy atom. The molecule has 0 amide bonds. The summed E-state index contributed by atoms with van der Waals surface area (Å²) < 4.78 is 19.4. The number of methoxy groups -OCH3 is 1. The highest BCUT2D eigenvalue weighted by molar-refractivity contribution is 5.73. The quantitative estimate of drug-likeness (QED) is 0.857. The van der Waals surface area contributed by atoms with Crippen LogP contribution in [0.1, 0.15) is 36.6 Å². The third-order valence-corrected chi connectivity index (χ3v) is 4.91. The molecule has 3 rings (SSSR count). The predicted octanol–water partition coefficient (Wildman–Crippen LogP) is 3.45. The Morgan fingerprint density at radius 3 is 2.92 bits per heavy atom. The Labute approximate surface area is 152 Å². The predicted molar refractivity (Wildman–Crippen MR) is 95.6 cm³/mol. The van der Waals surface area contributed by atoms with E-state index in [1.54, 1.807) is 19.4 Å². The van der Waals surface area contributed by atoms with E-state index in [9.17, 15) is 14.3 Å². The number of rotatable bonds is 6. The van der Waals surface area contributed by atoms with Crippen LogP contribution in [0, 0.1) is 5.82 Å². The molecule has 1 aromatic heterocycles. The third kappa shape index (κ3) is 4.02. The number of carbonyl (C=O) groups is 1. The summed E-state index contributed by atoms with van der Waals surface area (Å²) in [5, 5.41) is 9.69. The number of aliphatic carboxylic acids is 1. The zero-order chi connectivity index (χ0) is 18.5. The highest BCUT2D eigenvalue weighted by Gasteiger charge is 2.35. The molecule has 1 aliphatic rings. The van der Waals surface area contributed by atoms with Gasteiger partial charge in [0.05, 0.1) is 7.11 Å². The molecule has 5 nitrogen and oxygen atoms in total. The number of pyridine rings is 1. The number of ether oxygens (including phenoxy) is 1. The SMILES string of the molecule is COc1ccc(F)cc1C(Cc1ccccn1)N1CCCCC1C(=O)O. The summed E-state index contributed by atoms with van der Waals surface area (Å²) in [6.07, 6.45) is 4.58. The van der Waals surface area contributed by atoms with E-state index in [-0.39, 0.29) is 11.9 Å². The standard InChI is InChI=1S/C20H23FN2O3/c1-26-19-9-8-14(21)12-16(19)18(13-15-6-2-4-10-22-15)23-11-5-3-7-17(23)20(24)25/h2,4,6,8-10,12,17-18H,3,5,7,11,13H2,1H3,(H,24,25). The minimum atomic E-state index is -0.842. The smallest absolute Gasteiger partial charge is 0.320 e. The van der Waals surface area contributed by atoms with Gasteiger partial charge in [0, 0.05) is 29.9 Å². The maximum Gasteiger partial charge on any atom is 0.320 e. The minimum Gasteiger partial charge on any atom is -0.496 e. The lowest BCUT2D eigenvalue weighted by Crippen LogP contribution is -2.47. The van der Waals surface area contributed by atoms with E-state index in [0.717, 1.165) is 18.5 Å². The lowest BCUT2D eigenvalue weighted by Gasteiger charge is -2.39. The van der Waals surface area contributed by atoms with Crippen molar-refractivity contribution in [3.8, 4) is 5.75 Å². The van der Waals surface area contributed by atoms with E-state index < -0.39 is 12.0 Å². The van der Waals surface area contributed by atoms with Crippen LogP contribution in [0.25, 0.3) is 0 Å². The summed E-state index contributed by atoms with van der Waals surface area (Å²) in [5.74, 6) is -0.649. The third-order valence-electron chi connectivity index (χ3n) is 4.91. The molecule has 0 aliphatic carbocycles. The van der Waals surface area contributed by atoms with Crippen LogP contribution < -0.4 is 4.74 Å². The van der Waals surface area contributed by atoms with Gasteiger partial charge in [-0.2, -0.15) is 0 Å². The largest absolute Gasteiger partial charge is 0.496 e. The van der Waals surface area contributed by atoms with Crippen LogP contribution in [0.5, 0.6) is 5.75 Å². The molecule has 2 atom stereocenters. The lowest BCUT2D eigenvalue weighted by molar-refractivity contribution is -0.146.